The zero-order chi connectivity index (χ0) is 12.4. The Hall–Kier alpha value is -1.91. The first-order valence-electron chi connectivity index (χ1n) is 5.17. The zero-order valence-electron chi connectivity index (χ0n) is 9.23. The molecule has 0 N–H and O–H groups in total. The second-order valence-corrected chi connectivity index (χ2v) is 3.81. The van der Waals surface area contributed by atoms with Crippen molar-refractivity contribution in [2.24, 2.45) is 0 Å². The first-order chi connectivity index (χ1) is 8.11. The maximum absolute atomic E-state index is 13.7. The molecular formula is C12H11FO4. The molecule has 90 valence electrons. The molecule has 1 aliphatic heterocycles. The lowest BCUT2D eigenvalue weighted by Gasteiger charge is -2.22. The van der Waals surface area contributed by atoms with E-state index in [-0.39, 0.29) is 18.4 Å². The monoisotopic (exact) mass is 238 g/mol. The van der Waals surface area contributed by atoms with Crippen molar-refractivity contribution in [3.63, 3.8) is 0 Å². The lowest BCUT2D eigenvalue weighted by atomic mass is 9.90. The van der Waals surface area contributed by atoms with Crippen LogP contribution >= 0.6 is 0 Å². The van der Waals surface area contributed by atoms with Crippen LogP contribution in [0.1, 0.15) is 24.3 Å². The molecule has 0 atom stereocenters. The van der Waals surface area contributed by atoms with E-state index in [1.807, 2.05) is 0 Å². The van der Waals surface area contributed by atoms with Gasteiger partial charge in [0.05, 0.1) is 20.0 Å². The first-order valence-corrected chi connectivity index (χ1v) is 5.17. The fourth-order valence-electron chi connectivity index (χ4n) is 1.98. The smallest absolute Gasteiger partial charge is 0.314 e. The molecule has 0 aromatic heterocycles. The van der Waals surface area contributed by atoms with E-state index in [1.54, 1.807) is 6.07 Å². The standard InChI is InChI=1S/C12H11FO4/c1-16-9-4-2-3-8(13)12(9)7-5-10(14)17-11(15)6-7/h2-4,7H,5-6H2,1H3. The molecule has 1 aromatic rings. The van der Waals surface area contributed by atoms with E-state index in [4.69, 9.17) is 4.74 Å². The van der Waals surface area contributed by atoms with Crippen molar-refractivity contribution in [3.8, 4) is 5.75 Å². The third-order valence-electron chi connectivity index (χ3n) is 2.69. The maximum Gasteiger partial charge on any atom is 0.314 e. The van der Waals surface area contributed by atoms with Crippen LogP contribution in [0.2, 0.25) is 0 Å². The highest BCUT2D eigenvalue weighted by atomic mass is 19.1. The number of halogens is 1. The molecule has 5 heteroatoms. The van der Waals surface area contributed by atoms with Gasteiger partial charge in [-0.1, -0.05) is 6.07 Å². The maximum atomic E-state index is 13.7. The number of hydrogen-bond donors (Lipinski definition) is 0. The van der Waals surface area contributed by atoms with Crippen molar-refractivity contribution in [3.05, 3.63) is 29.6 Å². The Morgan fingerprint density at radius 1 is 1.29 bits per heavy atom. The summed E-state index contributed by atoms with van der Waals surface area (Å²) in [6, 6.07) is 4.39. The van der Waals surface area contributed by atoms with E-state index < -0.39 is 23.7 Å². The van der Waals surface area contributed by atoms with Crippen molar-refractivity contribution in [1.29, 1.82) is 0 Å². The van der Waals surface area contributed by atoms with Gasteiger partial charge in [-0.3, -0.25) is 9.59 Å². The number of cyclic esters (lactones) is 2. The molecule has 1 heterocycles. The van der Waals surface area contributed by atoms with Gasteiger partial charge in [-0.2, -0.15) is 0 Å². The molecule has 1 fully saturated rings. The summed E-state index contributed by atoms with van der Waals surface area (Å²) in [5, 5.41) is 0. The molecule has 0 spiro atoms. The van der Waals surface area contributed by atoms with E-state index >= 15 is 0 Å². The lowest BCUT2D eigenvalue weighted by Crippen LogP contribution is -2.25. The molecule has 1 aliphatic rings. The summed E-state index contributed by atoms with van der Waals surface area (Å²) in [4.78, 5) is 22.3. The van der Waals surface area contributed by atoms with Gasteiger partial charge in [-0.05, 0) is 12.1 Å². The molecule has 1 aromatic carbocycles. The molecule has 17 heavy (non-hydrogen) atoms. The Morgan fingerprint density at radius 2 is 1.94 bits per heavy atom. The van der Waals surface area contributed by atoms with Crippen molar-refractivity contribution in [2.75, 3.05) is 7.11 Å². The second-order valence-electron chi connectivity index (χ2n) is 3.81. The van der Waals surface area contributed by atoms with Crippen molar-refractivity contribution in [2.45, 2.75) is 18.8 Å². The third-order valence-corrected chi connectivity index (χ3v) is 2.69. The molecule has 4 nitrogen and oxygen atoms in total. The summed E-state index contributed by atoms with van der Waals surface area (Å²) in [6.07, 6.45) is -0.0218. The van der Waals surface area contributed by atoms with Crippen LogP contribution in [0.15, 0.2) is 18.2 Å². The van der Waals surface area contributed by atoms with Crippen LogP contribution in [-0.4, -0.2) is 19.0 Å². The zero-order valence-corrected chi connectivity index (χ0v) is 9.23. The van der Waals surface area contributed by atoms with Crippen molar-refractivity contribution >= 4 is 11.9 Å². The average molecular weight is 238 g/mol. The highest BCUT2D eigenvalue weighted by Gasteiger charge is 2.31. The average Bonchev–Trinajstić information content (AvgIpc) is 2.27. The number of carbonyl (C=O) groups is 2. The SMILES string of the molecule is COc1cccc(F)c1C1CC(=O)OC(=O)C1. The van der Waals surface area contributed by atoms with E-state index in [0.29, 0.717) is 5.75 Å². The molecule has 0 saturated carbocycles. The van der Waals surface area contributed by atoms with Gasteiger partial charge < -0.3 is 9.47 Å². The van der Waals surface area contributed by atoms with Crippen LogP contribution in [0.3, 0.4) is 0 Å². The van der Waals surface area contributed by atoms with E-state index in [9.17, 15) is 14.0 Å². The fraction of sp³-hybridized carbons (Fsp3) is 0.333. The van der Waals surface area contributed by atoms with Crippen LogP contribution in [0.4, 0.5) is 4.39 Å². The number of esters is 2. The van der Waals surface area contributed by atoms with Gasteiger partial charge in [0.2, 0.25) is 0 Å². The summed E-state index contributed by atoms with van der Waals surface area (Å²) < 4.78 is 23.2. The van der Waals surface area contributed by atoms with Gasteiger partial charge in [-0.25, -0.2) is 4.39 Å². The summed E-state index contributed by atoms with van der Waals surface area (Å²) in [7, 11) is 1.42. The molecule has 0 amide bonds. The van der Waals surface area contributed by atoms with Gasteiger partial charge >= 0.3 is 11.9 Å². The molecule has 0 radical (unpaired) electrons. The number of ether oxygens (including phenoxy) is 2. The molecule has 0 aliphatic carbocycles. The quantitative estimate of drug-likeness (QED) is 0.582. The van der Waals surface area contributed by atoms with E-state index in [2.05, 4.69) is 4.74 Å². The number of hydrogen-bond acceptors (Lipinski definition) is 4. The Bertz CT molecular complexity index is 454. The normalized spacial score (nSPS) is 16.8. The Balaban J connectivity index is 2.39. The number of rotatable bonds is 2. The van der Waals surface area contributed by atoms with Gasteiger partial charge in [0, 0.05) is 11.5 Å². The predicted octanol–water partition coefficient (Wildman–Crippen LogP) is 1.78. The fourth-order valence-corrected chi connectivity index (χ4v) is 1.98. The Kier molecular flexibility index (Phi) is 3.08. The van der Waals surface area contributed by atoms with Crippen LogP contribution in [0.5, 0.6) is 5.75 Å². The Labute approximate surface area is 97.3 Å². The minimum absolute atomic E-state index is 0.0109. The molecular weight excluding hydrogens is 227 g/mol. The second kappa shape index (κ2) is 4.53. The number of carbonyl (C=O) groups excluding carboxylic acids is 2. The topological polar surface area (TPSA) is 52.6 Å². The minimum atomic E-state index is -0.628. The molecule has 2 rings (SSSR count). The van der Waals surface area contributed by atoms with E-state index in [0.717, 1.165) is 0 Å². The van der Waals surface area contributed by atoms with Gasteiger partial charge in [0.1, 0.15) is 11.6 Å². The highest BCUT2D eigenvalue weighted by molar-refractivity contribution is 5.89. The number of benzene rings is 1. The van der Waals surface area contributed by atoms with Gasteiger partial charge in [0.25, 0.3) is 0 Å². The highest BCUT2D eigenvalue weighted by Crippen LogP contribution is 2.36. The molecule has 0 bridgehead atoms. The molecule has 0 unspecified atom stereocenters. The molecule has 1 saturated heterocycles. The Morgan fingerprint density at radius 3 is 2.53 bits per heavy atom. The van der Waals surface area contributed by atoms with Crippen LogP contribution in [0, 0.1) is 5.82 Å². The third kappa shape index (κ3) is 2.27. The minimum Gasteiger partial charge on any atom is -0.496 e. The van der Waals surface area contributed by atoms with Gasteiger partial charge in [-0.15, -0.1) is 0 Å². The summed E-state index contributed by atoms with van der Waals surface area (Å²) >= 11 is 0. The van der Waals surface area contributed by atoms with Crippen LogP contribution in [0.25, 0.3) is 0 Å². The number of methoxy groups -OCH3 is 1. The van der Waals surface area contributed by atoms with Crippen LogP contribution < -0.4 is 4.74 Å². The van der Waals surface area contributed by atoms with E-state index in [1.165, 1.54) is 19.2 Å². The largest absolute Gasteiger partial charge is 0.496 e. The van der Waals surface area contributed by atoms with Crippen molar-refractivity contribution in [1.82, 2.24) is 0 Å². The van der Waals surface area contributed by atoms with Crippen LogP contribution in [-0.2, 0) is 14.3 Å². The predicted molar refractivity (Wildman–Crippen MR) is 56.0 cm³/mol. The summed E-state index contributed by atoms with van der Waals surface area (Å²) in [5.41, 5.74) is 0.264. The summed E-state index contributed by atoms with van der Waals surface area (Å²) in [6.45, 7) is 0. The lowest BCUT2D eigenvalue weighted by molar-refractivity contribution is -0.163. The van der Waals surface area contributed by atoms with Crippen molar-refractivity contribution < 1.29 is 23.5 Å². The first kappa shape index (κ1) is 11.6. The van der Waals surface area contributed by atoms with Gasteiger partial charge in [0.15, 0.2) is 0 Å². The summed E-state index contributed by atoms with van der Waals surface area (Å²) in [5.74, 6) is -1.90.